The van der Waals surface area contributed by atoms with Gasteiger partial charge in [0.15, 0.2) is 0 Å². The van der Waals surface area contributed by atoms with E-state index in [1.54, 1.807) is 24.3 Å². The number of para-hydroxylation sites is 1. The van der Waals surface area contributed by atoms with Gasteiger partial charge in [-0.2, -0.15) is 0 Å². The Hall–Kier alpha value is -2.53. The lowest BCUT2D eigenvalue weighted by molar-refractivity contribution is -0.303. The molecule has 0 saturated carbocycles. The smallest absolute Gasteiger partial charge is 0.127 e. The van der Waals surface area contributed by atoms with Crippen molar-refractivity contribution in [2.45, 2.75) is 0 Å². The van der Waals surface area contributed by atoms with Gasteiger partial charge in [0.05, 0.1) is 18.2 Å². The van der Waals surface area contributed by atoms with E-state index in [2.05, 4.69) is 0 Å². The molecule has 0 aromatic heterocycles. The number of hydrogen-bond acceptors (Lipinski definition) is 5. The molecule has 0 aliphatic rings. The first-order valence-corrected chi connectivity index (χ1v) is 5.70. The van der Waals surface area contributed by atoms with Crippen LogP contribution in [0.2, 0.25) is 0 Å². The highest BCUT2D eigenvalue weighted by atomic mass is 16.5. The number of rotatable bonds is 5. The average Bonchev–Trinajstić information content (AvgIpc) is 2.40. The average molecular weight is 257 g/mol. The van der Waals surface area contributed by atoms with Gasteiger partial charge in [-0.1, -0.05) is 18.2 Å². The Kier molecular flexibility index (Phi) is 4.00. The van der Waals surface area contributed by atoms with Crippen molar-refractivity contribution >= 4 is 11.7 Å². The van der Waals surface area contributed by atoms with E-state index in [9.17, 15) is 9.90 Å². The second-order valence-corrected chi connectivity index (χ2v) is 3.91. The fourth-order valence-corrected chi connectivity index (χ4v) is 1.56. The molecule has 2 aromatic carbocycles. The van der Waals surface area contributed by atoms with Gasteiger partial charge in [-0.15, -0.1) is 0 Å². The molecule has 0 heterocycles. The van der Waals surface area contributed by atoms with E-state index in [1.807, 2.05) is 30.3 Å². The fourth-order valence-electron chi connectivity index (χ4n) is 1.56. The molecule has 98 valence electrons. The highest BCUT2D eigenvalue weighted by molar-refractivity contribution is 5.71. The SMILES string of the molecule is NN(CC(=O)[O-])c1ccc(Oc2ccccc2)cc1. The van der Waals surface area contributed by atoms with Gasteiger partial charge in [-0.3, -0.25) is 0 Å². The number of carbonyl (C=O) groups excluding carboxylic acids is 1. The molecule has 2 rings (SSSR count). The molecule has 0 saturated heterocycles. The third-order valence-electron chi connectivity index (χ3n) is 2.45. The van der Waals surface area contributed by atoms with Crippen molar-refractivity contribution in [3.63, 3.8) is 0 Å². The van der Waals surface area contributed by atoms with Crippen LogP contribution in [0.25, 0.3) is 0 Å². The minimum atomic E-state index is -1.23. The van der Waals surface area contributed by atoms with E-state index in [0.29, 0.717) is 11.4 Å². The summed E-state index contributed by atoms with van der Waals surface area (Å²) in [6.45, 7) is -0.362. The molecule has 2 N–H and O–H groups in total. The number of benzene rings is 2. The molecule has 0 spiro atoms. The Morgan fingerprint density at radius 2 is 1.63 bits per heavy atom. The zero-order chi connectivity index (χ0) is 13.7. The molecular weight excluding hydrogens is 244 g/mol. The number of anilines is 1. The number of ether oxygens (including phenoxy) is 1. The number of carboxylic acid groups (broad SMARTS) is 1. The number of carboxylic acids is 1. The zero-order valence-corrected chi connectivity index (χ0v) is 10.2. The number of hydrogen-bond donors (Lipinski definition) is 1. The molecular formula is C14H13N2O3-. The maximum atomic E-state index is 10.4. The largest absolute Gasteiger partial charge is 0.548 e. The van der Waals surface area contributed by atoms with Crippen LogP contribution < -0.4 is 20.7 Å². The summed E-state index contributed by atoms with van der Waals surface area (Å²) in [6.07, 6.45) is 0. The van der Waals surface area contributed by atoms with Gasteiger partial charge in [0.2, 0.25) is 0 Å². The lowest BCUT2D eigenvalue weighted by Crippen LogP contribution is -2.42. The van der Waals surface area contributed by atoms with Crippen molar-refractivity contribution in [1.82, 2.24) is 0 Å². The van der Waals surface area contributed by atoms with Crippen LogP contribution in [0.15, 0.2) is 54.6 Å². The molecule has 0 aliphatic heterocycles. The first-order valence-electron chi connectivity index (χ1n) is 5.70. The van der Waals surface area contributed by atoms with E-state index in [4.69, 9.17) is 10.6 Å². The van der Waals surface area contributed by atoms with Crippen molar-refractivity contribution in [3.8, 4) is 11.5 Å². The Morgan fingerprint density at radius 3 is 2.21 bits per heavy atom. The summed E-state index contributed by atoms with van der Waals surface area (Å²) in [6, 6.07) is 16.2. The van der Waals surface area contributed by atoms with Gasteiger partial charge < -0.3 is 19.6 Å². The van der Waals surface area contributed by atoms with Crippen molar-refractivity contribution in [1.29, 1.82) is 0 Å². The maximum absolute atomic E-state index is 10.4. The van der Waals surface area contributed by atoms with Crippen molar-refractivity contribution in [2.24, 2.45) is 5.84 Å². The Labute approximate surface area is 110 Å². The van der Waals surface area contributed by atoms with Crippen molar-refractivity contribution < 1.29 is 14.6 Å². The summed E-state index contributed by atoms with van der Waals surface area (Å²) in [4.78, 5) is 10.4. The van der Waals surface area contributed by atoms with Crippen LogP contribution in [0.5, 0.6) is 11.5 Å². The Bertz CT molecular complexity index is 540. The van der Waals surface area contributed by atoms with Gasteiger partial charge in [0.25, 0.3) is 0 Å². The summed E-state index contributed by atoms with van der Waals surface area (Å²) >= 11 is 0. The third kappa shape index (κ3) is 3.72. The molecule has 5 nitrogen and oxygen atoms in total. The fraction of sp³-hybridized carbons (Fsp3) is 0.0714. The van der Waals surface area contributed by atoms with Crippen LogP contribution in [-0.4, -0.2) is 12.5 Å². The second kappa shape index (κ2) is 5.88. The Balaban J connectivity index is 2.04. The predicted octanol–water partition coefficient (Wildman–Crippen LogP) is 0.909. The standard InChI is InChI=1S/C14H14N2O3/c15-16(10-14(17)18)11-6-8-13(9-7-11)19-12-4-2-1-3-5-12/h1-9H,10,15H2,(H,17,18)/p-1. The predicted molar refractivity (Wildman–Crippen MR) is 69.5 cm³/mol. The minimum Gasteiger partial charge on any atom is -0.548 e. The van der Waals surface area contributed by atoms with E-state index >= 15 is 0 Å². The number of hydrazine groups is 1. The van der Waals surface area contributed by atoms with E-state index in [1.165, 1.54) is 0 Å². The molecule has 2 aromatic rings. The highest BCUT2D eigenvalue weighted by Gasteiger charge is 2.02. The zero-order valence-electron chi connectivity index (χ0n) is 10.2. The molecule has 0 fully saturated rings. The summed E-state index contributed by atoms with van der Waals surface area (Å²) < 4.78 is 5.61. The first kappa shape index (κ1) is 12.9. The van der Waals surface area contributed by atoms with Crippen LogP contribution in [-0.2, 0) is 4.79 Å². The molecule has 0 amide bonds. The maximum Gasteiger partial charge on any atom is 0.127 e. The quantitative estimate of drug-likeness (QED) is 0.636. The molecule has 0 atom stereocenters. The molecule has 0 radical (unpaired) electrons. The van der Waals surface area contributed by atoms with Crippen LogP contribution in [0, 0.1) is 0 Å². The van der Waals surface area contributed by atoms with Crippen LogP contribution >= 0.6 is 0 Å². The molecule has 0 aliphatic carbocycles. The summed E-state index contributed by atoms with van der Waals surface area (Å²) in [5.74, 6) is 5.72. The summed E-state index contributed by atoms with van der Waals surface area (Å²) in [5.41, 5.74) is 0.574. The number of aliphatic carboxylic acids is 1. The first-order chi connectivity index (χ1) is 9.15. The van der Waals surface area contributed by atoms with E-state index in [-0.39, 0.29) is 6.54 Å². The van der Waals surface area contributed by atoms with Crippen molar-refractivity contribution in [3.05, 3.63) is 54.6 Å². The topological polar surface area (TPSA) is 78.6 Å². The van der Waals surface area contributed by atoms with Gasteiger partial charge in [-0.05, 0) is 36.4 Å². The van der Waals surface area contributed by atoms with E-state index < -0.39 is 5.97 Å². The number of nitrogens with zero attached hydrogens (tertiary/aromatic N) is 1. The molecule has 0 bridgehead atoms. The molecule has 0 unspecified atom stereocenters. The van der Waals surface area contributed by atoms with Crippen LogP contribution in [0.3, 0.4) is 0 Å². The van der Waals surface area contributed by atoms with Gasteiger partial charge in [0, 0.05) is 0 Å². The third-order valence-corrected chi connectivity index (χ3v) is 2.45. The summed E-state index contributed by atoms with van der Waals surface area (Å²) in [5, 5.41) is 11.5. The minimum absolute atomic E-state index is 0.362. The van der Waals surface area contributed by atoms with Gasteiger partial charge in [0.1, 0.15) is 11.5 Å². The van der Waals surface area contributed by atoms with Crippen molar-refractivity contribution in [2.75, 3.05) is 11.6 Å². The van der Waals surface area contributed by atoms with Gasteiger partial charge >= 0.3 is 0 Å². The normalized spacial score (nSPS) is 9.95. The second-order valence-electron chi connectivity index (χ2n) is 3.91. The van der Waals surface area contributed by atoms with Crippen LogP contribution in [0.4, 0.5) is 5.69 Å². The van der Waals surface area contributed by atoms with Gasteiger partial charge in [-0.25, -0.2) is 5.84 Å². The van der Waals surface area contributed by atoms with E-state index in [0.717, 1.165) is 10.8 Å². The molecule has 19 heavy (non-hydrogen) atoms. The monoisotopic (exact) mass is 257 g/mol. The Morgan fingerprint density at radius 1 is 1.05 bits per heavy atom. The lowest BCUT2D eigenvalue weighted by Gasteiger charge is -2.19. The number of nitrogens with two attached hydrogens (primary N) is 1. The molecule has 5 heteroatoms. The summed E-state index contributed by atoms with van der Waals surface area (Å²) in [7, 11) is 0. The highest BCUT2D eigenvalue weighted by Crippen LogP contribution is 2.23. The number of carbonyl (C=O) groups is 1. The lowest BCUT2D eigenvalue weighted by atomic mass is 10.3. The van der Waals surface area contributed by atoms with Crippen LogP contribution in [0.1, 0.15) is 0 Å².